The summed E-state index contributed by atoms with van der Waals surface area (Å²) in [6, 6.07) is 0. The normalized spacial score (nSPS) is 26.8. The van der Waals surface area contributed by atoms with E-state index in [1.807, 2.05) is 6.92 Å². The molecule has 0 aromatic rings. The highest BCUT2D eigenvalue weighted by Crippen LogP contribution is 2.27. The molecule has 0 bridgehead atoms. The Bertz CT molecular complexity index is 145. The molecule has 0 saturated heterocycles. The zero-order chi connectivity index (χ0) is 10.9. The molecule has 0 unspecified atom stereocenters. The third kappa shape index (κ3) is 5.50. The highest BCUT2D eigenvalue weighted by Gasteiger charge is 2.20. The van der Waals surface area contributed by atoms with Crippen LogP contribution in [-0.4, -0.2) is 25.9 Å². The molecule has 0 aliphatic heterocycles. The zero-order valence-corrected chi connectivity index (χ0v) is 10.1. The van der Waals surface area contributed by atoms with E-state index in [0.29, 0.717) is 19.3 Å². The van der Waals surface area contributed by atoms with Gasteiger partial charge in [0, 0.05) is 6.61 Å². The van der Waals surface area contributed by atoms with Crippen molar-refractivity contribution in [2.45, 2.75) is 52.1 Å². The van der Waals surface area contributed by atoms with Crippen molar-refractivity contribution in [2.24, 2.45) is 5.92 Å². The summed E-state index contributed by atoms with van der Waals surface area (Å²) in [6.45, 7) is 6.38. The van der Waals surface area contributed by atoms with Crippen LogP contribution in [0.25, 0.3) is 0 Å². The van der Waals surface area contributed by atoms with Crippen LogP contribution in [0.15, 0.2) is 0 Å². The average Bonchev–Trinajstić information content (AvgIpc) is 2.30. The van der Waals surface area contributed by atoms with Gasteiger partial charge in [-0.25, -0.2) is 0 Å². The first-order chi connectivity index (χ1) is 7.36. The zero-order valence-electron chi connectivity index (χ0n) is 10.1. The summed E-state index contributed by atoms with van der Waals surface area (Å²) < 4.78 is 5.18. The van der Waals surface area contributed by atoms with Crippen LogP contribution in [0.3, 0.4) is 0 Å². The second kappa shape index (κ2) is 8.08. The van der Waals surface area contributed by atoms with E-state index in [9.17, 15) is 0 Å². The first-order valence-electron chi connectivity index (χ1n) is 6.27. The maximum Gasteiger partial charge on any atom is 0.0811 e. The molecular weight excluding hydrogens is 190 g/mol. The monoisotopic (exact) mass is 214 g/mol. The van der Waals surface area contributed by atoms with Crippen molar-refractivity contribution in [1.29, 1.82) is 0 Å². The molecule has 0 spiro atoms. The summed E-state index contributed by atoms with van der Waals surface area (Å²) in [5, 5.41) is 0. The molecule has 1 radical (unpaired) electrons. The Morgan fingerprint density at radius 1 is 1.13 bits per heavy atom. The van der Waals surface area contributed by atoms with Gasteiger partial charge in [0.25, 0.3) is 0 Å². The van der Waals surface area contributed by atoms with Crippen LogP contribution in [0, 0.1) is 5.92 Å². The van der Waals surface area contributed by atoms with Crippen LogP contribution < -0.4 is 5.48 Å². The van der Waals surface area contributed by atoms with E-state index < -0.39 is 0 Å². The van der Waals surface area contributed by atoms with E-state index in [1.54, 1.807) is 0 Å². The van der Waals surface area contributed by atoms with Crippen LogP contribution >= 0.6 is 0 Å². The third-order valence-electron chi connectivity index (χ3n) is 3.13. The third-order valence-corrected chi connectivity index (χ3v) is 3.13. The highest BCUT2D eigenvalue weighted by molar-refractivity contribution is 4.71. The topological polar surface area (TPSA) is 32.6 Å². The lowest BCUT2D eigenvalue weighted by Gasteiger charge is -2.26. The second-order valence-electron chi connectivity index (χ2n) is 4.21. The fourth-order valence-electron chi connectivity index (χ4n) is 2.05. The lowest BCUT2D eigenvalue weighted by molar-refractivity contribution is -0.0616. The second-order valence-corrected chi connectivity index (χ2v) is 4.21. The van der Waals surface area contributed by atoms with Crippen molar-refractivity contribution in [1.82, 2.24) is 5.48 Å². The van der Waals surface area contributed by atoms with E-state index in [0.717, 1.165) is 12.5 Å². The van der Waals surface area contributed by atoms with Gasteiger partial charge in [-0.05, 0) is 38.5 Å². The maximum atomic E-state index is 5.47. The predicted octanol–water partition coefficient (Wildman–Crippen LogP) is 2.53. The molecule has 0 amide bonds. The Labute approximate surface area is 93.5 Å². The molecular formula is C12H24NO2. The van der Waals surface area contributed by atoms with E-state index in [1.165, 1.54) is 32.1 Å². The predicted molar refractivity (Wildman–Crippen MR) is 60.6 cm³/mol. The summed E-state index contributed by atoms with van der Waals surface area (Å²) in [5.41, 5.74) is 4.06. The molecule has 3 heteroatoms. The van der Waals surface area contributed by atoms with Crippen molar-refractivity contribution < 1.29 is 9.57 Å². The summed E-state index contributed by atoms with van der Waals surface area (Å²) in [7, 11) is 0. The van der Waals surface area contributed by atoms with E-state index in [2.05, 4.69) is 12.4 Å². The van der Waals surface area contributed by atoms with Gasteiger partial charge in [0.05, 0.1) is 19.3 Å². The quantitative estimate of drug-likeness (QED) is 0.482. The molecule has 1 fully saturated rings. The van der Waals surface area contributed by atoms with Crippen LogP contribution in [-0.2, 0) is 9.57 Å². The number of ether oxygens (including phenoxy) is 1. The number of hydrogen-bond donors (Lipinski definition) is 0. The maximum absolute atomic E-state index is 5.47. The lowest BCUT2D eigenvalue weighted by atomic mass is 9.86. The van der Waals surface area contributed by atoms with Gasteiger partial charge in [-0.2, -0.15) is 0 Å². The summed E-state index contributed by atoms with van der Waals surface area (Å²) in [6.07, 6.45) is 6.65. The minimum Gasteiger partial charge on any atom is -0.380 e. The lowest BCUT2D eigenvalue weighted by Crippen LogP contribution is -2.26. The first kappa shape index (κ1) is 12.9. The van der Waals surface area contributed by atoms with Gasteiger partial charge in [-0.3, -0.25) is 4.84 Å². The molecule has 0 aromatic heterocycles. The van der Waals surface area contributed by atoms with Gasteiger partial charge in [0.15, 0.2) is 0 Å². The number of hydrogen-bond acceptors (Lipinski definition) is 2. The molecule has 0 aromatic carbocycles. The fourth-order valence-corrected chi connectivity index (χ4v) is 2.05. The van der Waals surface area contributed by atoms with Crippen LogP contribution in [0.4, 0.5) is 0 Å². The fraction of sp³-hybridized carbons (Fsp3) is 1.00. The van der Waals surface area contributed by atoms with Crippen LogP contribution in [0.2, 0.25) is 0 Å². The van der Waals surface area contributed by atoms with Gasteiger partial charge >= 0.3 is 0 Å². The molecule has 0 heterocycles. The minimum absolute atomic E-state index is 0.370. The average molecular weight is 214 g/mol. The Hall–Kier alpha value is -0.120. The van der Waals surface area contributed by atoms with Gasteiger partial charge in [0.1, 0.15) is 0 Å². The molecule has 1 aliphatic rings. The Balaban J connectivity index is 1.94. The van der Waals surface area contributed by atoms with Crippen LogP contribution in [0.5, 0.6) is 0 Å². The van der Waals surface area contributed by atoms with Gasteiger partial charge in [-0.1, -0.05) is 18.8 Å². The Kier molecular flexibility index (Phi) is 6.98. The van der Waals surface area contributed by atoms with E-state index in [-0.39, 0.29) is 0 Å². The standard InChI is InChI=1S/C12H24NO2/c1-3-11-5-7-12(8-6-11)15-13-9-10-14-4-2/h11-12H,3-10H2,1-2H3. The van der Waals surface area contributed by atoms with Crippen molar-refractivity contribution >= 4 is 0 Å². The molecule has 3 nitrogen and oxygen atoms in total. The van der Waals surface area contributed by atoms with E-state index in [4.69, 9.17) is 9.57 Å². The Morgan fingerprint density at radius 2 is 1.87 bits per heavy atom. The van der Waals surface area contributed by atoms with Gasteiger partial charge in [-0.15, -0.1) is 0 Å². The molecule has 1 rings (SSSR count). The molecule has 0 atom stereocenters. The highest BCUT2D eigenvalue weighted by atomic mass is 16.7. The smallest absolute Gasteiger partial charge is 0.0811 e. The molecule has 15 heavy (non-hydrogen) atoms. The number of nitrogens with zero attached hydrogens (tertiary/aromatic N) is 1. The largest absolute Gasteiger partial charge is 0.380 e. The summed E-state index contributed by atoms with van der Waals surface area (Å²) >= 11 is 0. The molecule has 1 saturated carbocycles. The minimum atomic E-state index is 0.370. The van der Waals surface area contributed by atoms with Gasteiger partial charge < -0.3 is 4.74 Å². The molecule has 89 valence electrons. The van der Waals surface area contributed by atoms with Gasteiger partial charge in [0.2, 0.25) is 0 Å². The first-order valence-corrected chi connectivity index (χ1v) is 6.27. The van der Waals surface area contributed by atoms with Crippen LogP contribution in [0.1, 0.15) is 46.0 Å². The number of hydroxylamine groups is 1. The molecule has 1 aliphatic carbocycles. The van der Waals surface area contributed by atoms with Crippen molar-refractivity contribution in [3.8, 4) is 0 Å². The number of rotatable bonds is 7. The molecule has 0 N–H and O–H groups in total. The Morgan fingerprint density at radius 3 is 2.47 bits per heavy atom. The van der Waals surface area contributed by atoms with Crippen molar-refractivity contribution in [2.75, 3.05) is 19.8 Å². The van der Waals surface area contributed by atoms with E-state index >= 15 is 0 Å². The van der Waals surface area contributed by atoms with Crippen molar-refractivity contribution in [3.05, 3.63) is 0 Å². The SMILES string of the molecule is CCOCC[N]OC1CCC(CC)CC1. The summed E-state index contributed by atoms with van der Waals surface area (Å²) in [4.78, 5) is 5.47. The summed E-state index contributed by atoms with van der Waals surface area (Å²) in [5.74, 6) is 0.924. The van der Waals surface area contributed by atoms with Crippen molar-refractivity contribution in [3.63, 3.8) is 0 Å².